The highest BCUT2D eigenvalue weighted by Crippen LogP contribution is 2.34. The van der Waals surface area contributed by atoms with Gasteiger partial charge < -0.3 is 29.8 Å². The Morgan fingerprint density at radius 2 is 2.00 bits per heavy atom. The minimum absolute atomic E-state index is 0.124. The Morgan fingerprint density at radius 1 is 1.27 bits per heavy atom. The number of nitrogens with zero attached hydrogens (tertiary/aromatic N) is 2. The molecular formula is C21H22BN3O5. The first-order valence-electron chi connectivity index (χ1n) is 9.81. The van der Waals surface area contributed by atoms with E-state index >= 15 is 0 Å². The first-order chi connectivity index (χ1) is 14.5. The number of piperidine rings is 1. The zero-order chi connectivity index (χ0) is 21.1. The largest absolute Gasteiger partial charge is 0.495 e. The van der Waals surface area contributed by atoms with E-state index in [1.54, 1.807) is 41.3 Å². The second-order valence-corrected chi connectivity index (χ2v) is 7.37. The van der Waals surface area contributed by atoms with E-state index in [9.17, 15) is 9.82 Å². The molecule has 1 fully saturated rings. The highest BCUT2D eigenvalue weighted by atomic mass is 16.5. The van der Waals surface area contributed by atoms with Crippen LogP contribution in [0.5, 0.6) is 17.2 Å². The molecule has 8 nitrogen and oxygen atoms in total. The van der Waals surface area contributed by atoms with Crippen LogP contribution in [0.15, 0.2) is 36.4 Å². The van der Waals surface area contributed by atoms with E-state index in [1.165, 1.54) is 0 Å². The molecule has 2 aromatic rings. The Hall–Kier alpha value is -3.06. The number of fused-ring (bicyclic) bond motifs is 1. The molecule has 0 aromatic heterocycles. The van der Waals surface area contributed by atoms with Crippen molar-refractivity contribution in [3.05, 3.63) is 53.4 Å². The summed E-state index contributed by atoms with van der Waals surface area (Å²) in [5.74, 6) is 1.23. The highest BCUT2D eigenvalue weighted by Gasteiger charge is 2.27. The molecule has 0 saturated carbocycles. The number of carbonyl (C=O) groups is 1. The van der Waals surface area contributed by atoms with Crippen LogP contribution in [-0.4, -0.2) is 48.7 Å². The number of rotatable bonds is 5. The van der Waals surface area contributed by atoms with Crippen molar-refractivity contribution in [3.8, 4) is 17.2 Å². The fourth-order valence-electron chi connectivity index (χ4n) is 3.55. The van der Waals surface area contributed by atoms with Crippen LogP contribution in [0.2, 0.25) is 0 Å². The molecule has 0 aliphatic carbocycles. The minimum Gasteiger partial charge on any atom is -0.495 e. The van der Waals surface area contributed by atoms with Gasteiger partial charge in [0.05, 0.1) is 13.2 Å². The molecular weight excluding hydrogens is 385 g/mol. The molecule has 2 aliphatic heterocycles. The summed E-state index contributed by atoms with van der Waals surface area (Å²) in [5.41, 5.74) is 7.78. The highest BCUT2D eigenvalue weighted by molar-refractivity contribution is 6.61. The number of carbonyl (C=O) groups excluding carboxylic acids is 1. The lowest BCUT2D eigenvalue weighted by Gasteiger charge is -2.30. The Kier molecular flexibility index (Phi) is 5.90. The second kappa shape index (κ2) is 8.75. The van der Waals surface area contributed by atoms with Gasteiger partial charge in [0, 0.05) is 25.2 Å². The summed E-state index contributed by atoms with van der Waals surface area (Å²) < 4.78 is 16.7. The summed E-state index contributed by atoms with van der Waals surface area (Å²) in [7, 11) is -0.903. The van der Waals surface area contributed by atoms with Crippen molar-refractivity contribution < 1.29 is 23.9 Å². The topological polar surface area (TPSA) is 98.6 Å². The lowest BCUT2D eigenvalue weighted by molar-refractivity contribution is -0.134. The van der Waals surface area contributed by atoms with E-state index in [-0.39, 0.29) is 18.6 Å². The molecule has 2 heterocycles. The smallest absolute Gasteiger partial charge is 0.491 e. The van der Waals surface area contributed by atoms with Gasteiger partial charge in [-0.05, 0) is 48.1 Å². The van der Waals surface area contributed by atoms with Crippen molar-refractivity contribution in [3.63, 3.8) is 0 Å². The van der Waals surface area contributed by atoms with Crippen LogP contribution < -0.4 is 20.7 Å². The van der Waals surface area contributed by atoms with Crippen molar-refractivity contribution in [1.82, 2.24) is 4.90 Å². The Balaban J connectivity index is 1.43. The van der Waals surface area contributed by atoms with Gasteiger partial charge in [0.25, 0.3) is 5.91 Å². The van der Waals surface area contributed by atoms with Crippen LogP contribution in [0.3, 0.4) is 0 Å². The normalized spacial score (nSPS) is 16.2. The van der Waals surface area contributed by atoms with Crippen LogP contribution in [0.1, 0.15) is 18.4 Å². The molecule has 0 atom stereocenters. The molecule has 30 heavy (non-hydrogen) atoms. The molecule has 1 amide bonds. The second-order valence-electron chi connectivity index (χ2n) is 7.37. The first-order valence-corrected chi connectivity index (χ1v) is 9.81. The number of amides is 1. The average molecular weight is 407 g/mol. The van der Waals surface area contributed by atoms with Crippen LogP contribution in [0.4, 0.5) is 5.69 Å². The van der Waals surface area contributed by atoms with Gasteiger partial charge in [-0.1, -0.05) is 6.07 Å². The first kappa shape index (κ1) is 20.2. The van der Waals surface area contributed by atoms with Crippen LogP contribution >= 0.6 is 0 Å². The Labute approximate surface area is 175 Å². The van der Waals surface area contributed by atoms with E-state index in [0.29, 0.717) is 42.6 Å². The van der Waals surface area contributed by atoms with Crippen molar-refractivity contribution >= 4 is 24.2 Å². The van der Waals surface area contributed by atoms with E-state index in [1.807, 2.05) is 0 Å². The summed E-state index contributed by atoms with van der Waals surface area (Å²) in [6.45, 7) is 8.77. The average Bonchev–Trinajstić information content (AvgIpc) is 3.13. The SMILES string of the molecule is [C-]#[N+]c1ccc(Oc2ccc3c(c2)COB3O)cc1OCC(=O)N1CCC(N)CC1. The molecule has 3 N–H and O–H groups in total. The summed E-state index contributed by atoms with van der Waals surface area (Å²) >= 11 is 0. The Morgan fingerprint density at radius 3 is 2.77 bits per heavy atom. The van der Waals surface area contributed by atoms with Crippen molar-refractivity contribution in [2.24, 2.45) is 5.73 Å². The molecule has 2 aromatic carbocycles. The number of benzene rings is 2. The third kappa shape index (κ3) is 4.41. The van der Waals surface area contributed by atoms with Gasteiger partial charge in [-0.3, -0.25) is 4.79 Å². The Bertz CT molecular complexity index is 985. The van der Waals surface area contributed by atoms with Crippen molar-refractivity contribution in [2.75, 3.05) is 19.7 Å². The molecule has 0 unspecified atom stereocenters. The maximum absolute atomic E-state index is 12.4. The minimum atomic E-state index is -0.903. The maximum atomic E-state index is 12.4. The van der Waals surface area contributed by atoms with Gasteiger partial charge in [0.1, 0.15) is 17.2 Å². The van der Waals surface area contributed by atoms with Gasteiger partial charge in [-0.25, -0.2) is 4.85 Å². The fourth-order valence-corrected chi connectivity index (χ4v) is 3.55. The van der Waals surface area contributed by atoms with Gasteiger partial charge in [-0.15, -0.1) is 0 Å². The van der Waals surface area contributed by atoms with E-state index in [0.717, 1.165) is 23.9 Å². The molecule has 0 radical (unpaired) electrons. The summed E-state index contributed by atoms with van der Waals surface area (Å²) in [5, 5.41) is 9.72. The molecule has 2 aliphatic rings. The van der Waals surface area contributed by atoms with E-state index in [2.05, 4.69) is 4.85 Å². The third-order valence-electron chi connectivity index (χ3n) is 5.31. The molecule has 1 saturated heterocycles. The molecule has 4 rings (SSSR count). The standard InChI is InChI=1S/C21H22BN3O5/c1-24-19-5-3-17(30-16-2-4-18-14(10-16)12-29-22(18)27)11-20(19)28-13-21(26)25-8-6-15(23)7-9-25/h2-5,10-11,15,27H,6-9,12-13,23H2. The lowest BCUT2D eigenvalue weighted by atomic mass is 9.80. The number of nitrogens with two attached hydrogens (primary N) is 1. The predicted molar refractivity (Wildman–Crippen MR) is 111 cm³/mol. The zero-order valence-electron chi connectivity index (χ0n) is 16.4. The molecule has 154 valence electrons. The van der Waals surface area contributed by atoms with E-state index in [4.69, 9.17) is 26.4 Å². The van der Waals surface area contributed by atoms with Gasteiger partial charge >= 0.3 is 7.12 Å². The van der Waals surface area contributed by atoms with Crippen LogP contribution in [-0.2, 0) is 16.1 Å². The number of hydrogen-bond donors (Lipinski definition) is 2. The molecule has 0 spiro atoms. The third-order valence-corrected chi connectivity index (χ3v) is 5.31. The van der Waals surface area contributed by atoms with E-state index < -0.39 is 7.12 Å². The monoisotopic (exact) mass is 407 g/mol. The maximum Gasteiger partial charge on any atom is 0.491 e. The predicted octanol–water partition coefficient (Wildman–Crippen LogP) is 1.58. The van der Waals surface area contributed by atoms with Crippen LogP contribution in [0.25, 0.3) is 4.85 Å². The lowest BCUT2D eigenvalue weighted by Crippen LogP contribution is -2.44. The molecule has 9 heteroatoms. The number of hydrogen-bond acceptors (Lipinski definition) is 6. The van der Waals surface area contributed by atoms with Crippen molar-refractivity contribution in [2.45, 2.75) is 25.5 Å². The van der Waals surface area contributed by atoms with Crippen LogP contribution in [0, 0.1) is 6.57 Å². The van der Waals surface area contributed by atoms with Gasteiger partial charge in [0.15, 0.2) is 6.61 Å². The van der Waals surface area contributed by atoms with Crippen molar-refractivity contribution in [1.29, 1.82) is 0 Å². The quantitative estimate of drug-likeness (QED) is 0.577. The molecule has 0 bridgehead atoms. The summed E-state index contributed by atoms with van der Waals surface area (Å²) in [6.07, 6.45) is 1.57. The van der Waals surface area contributed by atoms with Gasteiger partial charge in [-0.2, -0.15) is 0 Å². The fraction of sp³-hybridized carbons (Fsp3) is 0.333. The number of ether oxygens (including phenoxy) is 2. The summed E-state index contributed by atoms with van der Waals surface area (Å²) in [6, 6.07) is 10.3. The van der Waals surface area contributed by atoms with Gasteiger partial charge in [0.2, 0.25) is 5.69 Å². The summed E-state index contributed by atoms with van der Waals surface area (Å²) in [4.78, 5) is 17.6. The zero-order valence-corrected chi connectivity index (χ0v) is 16.4. The number of likely N-dealkylation sites (tertiary alicyclic amines) is 1.